The average molecular weight is 365 g/mol. The van der Waals surface area contributed by atoms with Crippen LogP contribution in [-0.4, -0.2) is 29.0 Å². The Morgan fingerprint density at radius 2 is 1.77 bits per heavy atom. The predicted octanol–water partition coefficient (Wildman–Crippen LogP) is 6.22. The molecule has 26 heavy (non-hydrogen) atoms. The van der Waals surface area contributed by atoms with Crippen molar-refractivity contribution in [2.75, 3.05) is 13.1 Å². The van der Waals surface area contributed by atoms with E-state index >= 15 is 0 Å². The molecule has 5 rings (SSSR count). The molecule has 1 aromatic heterocycles. The van der Waals surface area contributed by atoms with Crippen molar-refractivity contribution < 1.29 is 0 Å². The largest absolute Gasteiger partial charge is 0.354 e. The van der Waals surface area contributed by atoms with E-state index in [4.69, 9.17) is 11.6 Å². The molecule has 1 N–H and O–H groups in total. The Morgan fingerprint density at radius 3 is 2.65 bits per heavy atom. The number of fused-ring (bicyclic) bond motifs is 2. The monoisotopic (exact) mass is 364 g/mol. The fourth-order valence-electron chi connectivity index (χ4n) is 5.20. The lowest BCUT2D eigenvalue weighted by Gasteiger charge is -2.44. The van der Waals surface area contributed by atoms with Gasteiger partial charge in [-0.15, -0.1) is 0 Å². The molecule has 2 aliphatic heterocycles. The summed E-state index contributed by atoms with van der Waals surface area (Å²) in [6.45, 7) is 2.54. The maximum absolute atomic E-state index is 6.40. The van der Waals surface area contributed by atoms with E-state index in [9.17, 15) is 0 Å². The van der Waals surface area contributed by atoms with E-state index in [-0.39, 0.29) is 0 Å². The fraction of sp³-hybridized carbons (Fsp3) is 0.391. The molecule has 3 heterocycles. The molecule has 2 atom stereocenters. The summed E-state index contributed by atoms with van der Waals surface area (Å²) in [5.41, 5.74) is 5.27. The second kappa shape index (κ2) is 6.75. The lowest BCUT2D eigenvalue weighted by atomic mass is 9.77. The molecule has 3 heteroatoms. The maximum Gasteiger partial charge on any atom is 0.0500 e. The Hall–Kier alpha value is -1.77. The van der Waals surface area contributed by atoms with Crippen molar-refractivity contribution in [1.82, 2.24) is 9.88 Å². The zero-order valence-corrected chi connectivity index (χ0v) is 15.8. The minimum absolute atomic E-state index is 0.589. The average Bonchev–Trinajstić information content (AvgIpc) is 3.06. The summed E-state index contributed by atoms with van der Waals surface area (Å²) >= 11 is 6.40. The summed E-state index contributed by atoms with van der Waals surface area (Å²) in [6, 6.07) is 17.8. The van der Waals surface area contributed by atoms with Crippen molar-refractivity contribution in [3.8, 4) is 11.3 Å². The van der Waals surface area contributed by atoms with Crippen LogP contribution >= 0.6 is 11.6 Å². The lowest BCUT2D eigenvalue weighted by Crippen LogP contribution is -2.46. The van der Waals surface area contributed by atoms with Crippen molar-refractivity contribution in [1.29, 1.82) is 0 Å². The number of aromatic amines is 1. The Kier molecular flexibility index (Phi) is 4.26. The Morgan fingerprint density at radius 1 is 0.923 bits per heavy atom. The molecule has 2 nitrogen and oxygen atoms in total. The standard InChI is InChI=1S/C23H25ClN2/c24-17-11-12-20-19(15-17)22(23(25-20)16-7-2-1-3-8-16)18-9-6-14-26-13-5-4-10-21(18)26/h1-3,7-8,11-12,15,18,21,25H,4-6,9-10,13-14H2/t18-,21?/m1/s1. The molecular formula is C23H25ClN2. The number of benzene rings is 2. The number of hydrogen-bond acceptors (Lipinski definition) is 1. The van der Waals surface area contributed by atoms with Gasteiger partial charge < -0.3 is 4.98 Å². The maximum atomic E-state index is 6.40. The SMILES string of the molecule is Clc1ccc2[nH]c(-c3ccccc3)c([C@@H]3CCCN4CCCCC34)c2c1. The van der Waals surface area contributed by atoms with Gasteiger partial charge >= 0.3 is 0 Å². The highest BCUT2D eigenvalue weighted by atomic mass is 35.5. The minimum atomic E-state index is 0.589. The van der Waals surface area contributed by atoms with E-state index in [0.29, 0.717) is 12.0 Å². The third-order valence-electron chi connectivity index (χ3n) is 6.32. The molecule has 2 fully saturated rings. The van der Waals surface area contributed by atoms with Gasteiger partial charge in [0.2, 0.25) is 0 Å². The number of H-pyrrole nitrogens is 1. The van der Waals surface area contributed by atoms with E-state index in [1.54, 1.807) is 0 Å². The Labute approximate surface area is 160 Å². The molecule has 0 bridgehead atoms. The quantitative estimate of drug-likeness (QED) is 0.571. The third kappa shape index (κ3) is 2.76. The van der Waals surface area contributed by atoms with Crippen molar-refractivity contribution in [3.63, 3.8) is 0 Å². The smallest absolute Gasteiger partial charge is 0.0500 e. The van der Waals surface area contributed by atoms with E-state index in [1.807, 2.05) is 6.07 Å². The summed E-state index contributed by atoms with van der Waals surface area (Å²) in [7, 11) is 0. The van der Waals surface area contributed by atoms with Crippen LogP contribution in [0.5, 0.6) is 0 Å². The summed E-state index contributed by atoms with van der Waals surface area (Å²) in [4.78, 5) is 6.47. The number of nitrogens with one attached hydrogen (secondary N) is 1. The summed E-state index contributed by atoms with van der Waals surface area (Å²) in [6.07, 6.45) is 6.62. The number of nitrogens with zero attached hydrogens (tertiary/aromatic N) is 1. The normalized spacial score (nSPS) is 23.9. The lowest BCUT2D eigenvalue weighted by molar-refractivity contribution is 0.0900. The highest BCUT2D eigenvalue weighted by molar-refractivity contribution is 6.31. The number of aromatic nitrogens is 1. The molecule has 2 aromatic carbocycles. The summed E-state index contributed by atoms with van der Waals surface area (Å²) < 4.78 is 0. The van der Waals surface area contributed by atoms with Gasteiger partial charge in [0.05, 0.1) is 5.69 Å². The van der Waals surface area contributed by atoms with Gasteiger partial charge in [0.15, 0.2) is 0 Å². The van der Waals surface area contributed by atoms with Crippen molar-refractivity contribution in [2.45, 2.75) is 44.1 Å². The van der Waals surface area contributed by atoms with Crippen LogP contribution in [0.4, 0.5) is 0 Å². The van der Waals surface area contributed by atoms with Gasteiger partial charge in [-0.25, -0.2) is 0 Å². The van der Waals surface area contributed by atoms with Crippen LogP contribution in [0, 0.1) is 0 Å². The number of hydrogen-bond donors (Lipinski definition) is 1. The second-order valence-electron chi connectivity index (χ2n) is 7.82. The van der Waals surface area contributed by atoms with Crippen LogP contribution in [-0.2, 0) is 0 Å². The summed E-state index contributed by atoms with van der Waals surface area (Å²) in [5, 5.41) is 2.14. The Bertz CT molecular complexity index is 913. The highest BCUT2D eigenvalue weighted by Crippen LogP contribution is 2.44. The van der Waals surface area contributed by atoms with E-state index in [2.05, 4.69) is 52.3 Å². The van der Waals surface area contributed by atoms with E-state index in [1.165, 1.54) is 72.9 Å². The number of rotatable bonds is 2. The molecule has 134 valence electrons. The molecule has 0 saturated carbocycles. The van der Waals surface area contributed by atoms with Crippen LogP contribution in [0.2, 0.25) is 5.02 Å². The van der Waals surface area contributed by atoms with Crippen LogP contribution in [0.25, 0.3) is 22.2 Å². The fourth-order valence-corrected chi connectivity index (χ4v) is 5.37. The predicted molar refractivity (Wildman–Crippen MR) is 110 cm³/mol. The van der Waals surface area contributed by atoms with Gasteiger partial charge in [-0.3, -0.25) is 4.90 Å². The van der Waals surface area contributed by atoms with Crippen molar-refractivity contribution in [3.05, 3.63) is 59.1 Å². The molecule has 0 radical (unpaired) electrons. The van der Waals surface area contributed by atoms with Crippen LogP contribution in [0.15, 0.2) is 48.5 Å². The van der Waals surface area contributed by atoms with Gasteiger partial charge in [-0.1, -0.05) is 48.4 Å². The molecule has 1 unspecified atom stereocenters. The zero-order valence-electron chi connectivity index (χ0n) is 15.0. The van der Waals surface area contributed by atoms with Crippen LogP contribution in [0.1, 0.15) is 43.6 Å². The first kappa shape index (κ1) is 16.4. The molecule has 3 aromatic rings. The molecule has 0 aliphatic carbocycles. The van der Waals surface area contributed by atoms with Crippen molar-refractivity contribution >= 4 is 22.5 Å². The first-order valence-corrected chi connectivity index (χ1v) is 10.3. The van der Waals surface area contributed by atoms with Gasteiger partial charge in [-0.05, 0) is 68.1 Å². The third-order valence-corrected chi connectivity index (χ3v) is 6.56. The first-order chi connectivity index (χ1) is 12.8. The van der Waals surface area contributed by atoms with E-state index < -0.39 is 0 Å². The van der Waals surface area contributed by atoms with Gasteiger partial charge in [0, 0.05) is 27.9 Å². The topological polar surface area (TPSA) is 19.0 Å². The van der Waals surface area contributed by atoms with Crippen LogP contribution in [0.3, 0.4) is 0 Å². The number of halogens is 1. The van der Waals surface area contributed by atoms with Gasteiger partial charge in [-0.2, -0.15) is 0 Å². The first-order valence-electron chi connectivity index (χ1n) is 9.92. The molecule has 2 saturated heterocycles. The molecule has 0 spiro atoms. The number of piperidine rings is 2. The summed E-state index contributed by atoms with van der Waals surface area (Å²) in [5.74, 6) is 0.589. The van der Waals surface area contributed by atoms with Crippen molar-refractivity contribution in [2.24, 2.45) is 0 Å². The Balaban J connectivity index is 1.71. The highest BCUT2D eigenvalue weighted by Gasteiger charge is 2.36. The minimum Gasteiger partial charge on any atom is -0.354 e. The molecule has 2 aliphatic rings. The van der Waals surface area contributed by atoms with Gasteiger partial charge in [0.25, 0.3) is 0 Å². The zero-order chi connectivity index (χ0) is 17.5. The van der Waals surface area contributed by atoms with E-state index in [0.717, 1.165) is 5.02 Å². The molecule has 0 amide bonds. The molecular weight excluding hydrogens is 340 g/mol. The second-order valence-corrected chi connectivity index (χ2v) is 8.25. The van der Waals surface area contributed by atoms with Gasteiger partial charge in [0.1, 0.15) is 0 Å². The van der Waals surface area contributed by atoms with Crippen LogP contribution < -0.4 is 0 Å².